The highest BCUT2D eigenvalue weighted by Crippen LogP contribution is 2.22. The second kappa shape index (κ2) is 6.25. The van der Waals surface area contributed by atoms with E-state index in [1.807, 2.05) is 0 Å². The predicted molar refractivity (Wildman–Crippen MR) is 83.6 cm³/mol. The van der Waals surface area contributed by atoms with Crippen LogP contribution in [0, 0.1) is 0 Å². The molecule has 2 aromatic rings. The highest BCUT2D eigenvalue weighted by atomic mass is 35.5. The van der Waals surface area contributed by atoms with Crippen LogP contribution in [0.25, 0.3) is 0 Å². The lowest BCUT2D eigenvalue weighted by atomic mass is 10.3. The summed E-state index contributed by atoms with van der Waals surface area (Å²) in [5.74, 6) is 0.402. The Kier molecular flexibility index (Phi) is 4.64. The fourth-order valence-electron chi connectivity index (χ4n) is 1.42. The summed E-state index contributed by atoms with van der Waals surface area (Å²) in [5.41, 5.74) is 6.06. The SMILES string of the molecule is NC(CCl)=Nc1ccc(S(=O)(=O)Nc2cccs2)cc1. The molecule has 0 spiro atoms. The maximum atomic E-state index is 12.1. The van der Waals surface area contributed by atoms with Crippen LogP contribution in [0.1, 0.15) is 0 Å². The van der Waals surface area contributed by atoms with Crippen molar-refractivity contribution in [3.8, 4) is 0 Å². The van der Waals surface area contributed by atoms with E-state index in [2.05, 4.69) is 9.71 Å². The first kappa shape index (κ1) is 14.8. The Morgan fingerprint density at radius 2 is 2.00 bits per heavy atom. The third-order valence-corrected chi connectivity index (χ3v) is 4.88. The molecule has 1 aromatic heterocycles. The van der Waals surface area contributed by atoms with Crippen LogP contribution in [-0.4, -0.2) is 20.1 Å². The van der Waals surface area contributed by atoms with Gasteiger partial charge >= 0.3 is 0 Å². The Hall–Kier alpha value is -1.57. The molecule has 2 rings (SSSR count). The lowest BCUT2D eigenvalue weighted by molar-refractivity contribution is 0.601. The summed E-state index contributed by atoms with van der Waals surface area (Å²) < 4.78 is 26.7. The van der Waals surface area contributed by atoms with Gasteiger partial charge in [-0.15, -0.1) is 22.9 Å². The summed E-state index contributed by atoms with van der Waals surface area (Å²) in [6.45, 7) is 0. The Bertz CT molecular complexity index is 695. The molecule has 1 heterocycles. The Morgan fingerprint density at radius 1 is 1.30 bits per heavy atom. The van der Waals surface area contributed by atoms with Crippen molar-refractivity contribution in [2.45, 2.75) is 4.90 Å². The van der Waals surface area contributed by atoms with Crippen LogP contribution in [0.5, 0.6) is 0 Å². The molecular formula is C12H12ClN3O2S2. The second-order valence-electron chi connectivity index (χ2n) is 3.81. The van der Waals surface area contributed by atoms with Crippen LogP contribution in [0.3, 0.4) is 0 Å². The molecule has 0 aliphatic rings. The third kappa shape index (κ3) is 3.72. The van der Waals surface area contributed by atoms with Crippen LogP contribution in [-0.2, 0) is 10.0 Å². The standard InChI is InChI=1S/C12H12ClN3O2S2/c13-8-11(14)15-9-3-5-10(6-4-9)20(17,18)16-12-2-1-7-19-12/h1-7,16H,8H2,(H2,14,15). The molecule has 8 heteroatoms. The fraction of sp³-hybridized carbons (Fsp3) is 0.0833. The number of halogens is 1. The quantitative estimate of drug-likeness (QED) is 0.502. The average Bonchev–Trinajstić information content (AvgIpc) is 2.91. The largest absolute Gasteiger partial charge is 0.386 e. The highest BCUT2D eigenvalue weighted by Gasteiger charge is 2.14. The van der Waals surface area contributed by atoms with Crippen molar-refractivity contribution in [2.75, 3.05) is 10.6 Å². The topological polar surface area (TPSA) is 84.5 Å². The normalized spacial score (nSPS) is 12.3. The van der Waals surface area contributed by atoms with E-state index in [9.17, 15) is 8.42 Å². The first-order valence-electron chi connectivity index (χ1n) is 5.56. The monoisotopic (exact) mass is 329 g/mol. The zero-order valence-corrected chi connectivity index (χ0v) is 12.7. The number of hydrogen-bond donors (Lipinski definition) is 2. The summed E-state index contributed by atoms with van der Waals surface area (Å²) >= 11 is 6.84. The van der Waals surface area contributed by atoms with E-state index in [4.69, 9.17) is 17.3 Å². The van der Waals surface area contributed by atoms with Gasteiger partial charge in [0.2, 0.25) is 0 Å². The Labute approximate surface area is 126 Å². The molecule has 106 valence electrons. The summed E-state index contributed by atoms with van der Waals surface area (Å²) in [4.78, 5) is 4.19. The van der Waals surface area contributed by atoms with Crippen molar-refractivity contribution in [1.29, 1.82) is 0 Å². The molecule has 1 aromatic carbocycles. The van der Waals surface area contributed by atoms with E-state index in [1.165, 1.54) is 23.5 Å². The summed E-state index contributed by atoms with van der Waals surface area (Å²) in [7, 11) is -3.58. The number of nitrogens with one attached hydrogen (secondary N) is 1. The van der Waals surface area contributed by atoms with E-state index in [1.54, 1.807) is 29.6 Å². The fourth-order valence-corrected chi connectivity index (χ4v) is 3.41. The van der Waals surface area contributed by atoms with E-state index in [0.29, 0.717) is 10.7 Å². The van der Waals surface area contributed by atoms with Gasteiger partial charge in [0.05, 0.1) is 16.5 Å². The van der Waals surface area contributed by atoms with Gasteiger partial charge < -0.3 is 5.73 Å². The van der Waals surface area contributed by atoms with Gasteiger partial charge in [0, 0.05) is 0 Å². The zero-order chi connectivity index (χ0) is 14.6. The number of nitrogens with zero attached hydrogens (tertiary/aromatic N) is 1. The number of aliphatic imine (C=N–C) groups is 1. The van der Waals surface area contributed by atoms with Crippen LogP contribution >= 0.6 is 22.9 Å². The summed E-state index contributed by atoms with van der Waals surface area (Å²) in [6, 6.07) is 9.55. The minimum Gasteiger partial charge on any atom is -0.386 e. The van der Waals surface area contributed by atoms with Crippen molar-refractivity contribution in [3.05, 3.63) is 41.8 Å². The molecule has 5 nitrogen and oxygen atoms in total. The minimum atomic E-state index is -3.58. The van der Waals surface area contributed by atoms with Gasteiger partial charge in [0.1, 0.15) is 10.8 Å². The Balaban J connectivity index is 2.21. The molecular weight excluding hydrogens is 318 g/mol. The van der Waals surface area contributed by atoms with Gasteiger partial charge in [-0.05, 0) is 41.8 Å². The van der Waals surface area contributed by atoms with Crippen LogP contribution in [0.15, 0.2) is 51.7 Å². The maximum absolute atomic E-state index is 12.1. The summed E-state index contributed by atoms with van der Waals surface area (Å²) in [5, 5.41) is 2.36. The zero-order valence-electron chi connectivity index (χ0n) is 10.3. The molecule has 0 bridgehead atoms. The van der Waals surface area contributed by atoms with Gasteiger partial charge in [-0.3, -0.25) is 4.72 Å². The van der Waals surface area contributed by atoms with Crippen LogP contribution in [0.4, 0.5) is 10.7 Å². The molecule has 20 heavy (non-hydrogen) atoms. The molecule has 3 N–H and O–H groups in total. The molecule has 0 saturated heterocycles. The molecule has 0 aliphatic carbocycles. The van der Waals surface area contributed by atoms with Crippen molar-refractivity contribution in [3.63, 3.8) is 0 Å². The lowest BCUT2D eigenvalue weighted by Gasteiger charge is -2.06. The third-order valence-electron chi connectivity index (χ3n) is 2.31. The minimum absolute atomic E-state index is 0.125. The van der Waals surface area contributed by atoms with E-state index in [0.717, 1.165) is 0 Å². The first-order chi connectivity index (χ1) is 9.51. The Morgan fingerprint density at radius 3 is 2.55 bits per heavy atom. The number of anilines is 1. The number of nitrogens with two attached hydrogens (primary N) is 1. The van der Waals surface area contributed by atoms with Crippen molar-refractivity contribution >= 4 is 49.5 Å². The first-order valence-corrected chi connectivity index (χ1v) is 8.46. The average molecular weight is 330 g/mol. The smallest absolute Gasteiger partial charge is 0.262 e. The van der Waals surface area contributed by atoms with Gasteiger partial charge in [-0.1, -0.05) is 0 Å². The van der Waals surface area contributed by atoms with Crippen LogP contribution < -0.4 is 10.5 Å². The second-order valence-corrected chi connectivity index (χ2v) is 6.71. The van der Waals surface area contributed by atoms with Crippen LogP contribution in [0.2, 0.25) is 0 Å². The van der Waals surface area contributed by atoms with Gasteiger partial charge in [0.15, 0.2) is 0 Å². The van der Waals surface area contributed by atoms with E-state index < -0.39 is 10.0 Å². The number of alkyl halides is 1. The number of amidine groups is 1. The number of sulfonamides is 1. The molecule has 0 unspecified atom stereocenters. The number of benzene rings is 1. The molecule has 0 atom stereocenters. The lowest BCUT2D eigenvalue weighted by Crippen LogP contribution is -2.12. The van der Waals surface area contributed by atoms with Crippen molar-refractivity contribution in [1.82, 2.24) is 0 Å². The van der Waals surface area contributed by atoms with Gasteiger partial charge in [-0.2, -0.15) is 0 Å². The van der Waals surface area contributed by atoms with E-state index in [-0.39, 0.29) is 16.6 Å². The van der Waals surface area contributed by atoms with Crippen molar-refractivity contribution in [2.24, 2.45) is 10.7 Å². The summed E-state index contributed by atoms with van der Waals surface area (Å²) in [6.07, 6.45) is 0. The van der Waals surface area contributed by atoms with Crippen molar-refractivity contribution < 1.29 is 8.42 Å². The van der Waals surface area contributed by atoms with Gasteiger partial charge in [-0.25, -0.2) is 13.4 Å². The molecule has 0 aliphatic heterocycles. The number of thiophene rings is 1. The van der Waals surface area contributed by atoms with Gasteiger partial charge in [0.25, 0.3) is 10.0 Å². The highest BCUT2D eigenvalue weighted by molar-refractivity contribution is 7.93. The molecule has 0 fully saturated rings. The predicted octanol–water partition coefficient (Wildman–Crippen LogP) is 2.78. The maximum Gasteiger partial charge on any atom is 0.262 e. The number of rotatable bonds is 5. The molecule has 0 radical (unpaired) electrons. The molecule has 0 saturated carbocycles. The van der Waals surface area contributed by atoms with E-state index >= 15 is 0 Å². The molecule has 0 amide bonds. The number of hydrogen-bond acceptors (Lipinski definition) is 4.